The van der Waals surface area contributed by atoms with Crippen LogP contribution in [0.15, 0.2) is 23.4 Å². The Hall–Kier alpha value is -2.04. The zero-order valence-corrected chi connectivity index (χ0v) is 11.7. The van der Waals surface area contributed by atoms with Gasteiger partial charge in [-0.15, -0.1) is 0 Å². The normalized spacial score (nSPS) is 11.4. The van der Waals surface area contributed by atoms with Crippen LogP contribution in [0.3, 0.4) is 0 Å². The molecule has 5 heteroatoms. The van der Waals surface area contributed by atoms with Crippen LogP contribution >= 0.6 is 0 Å². The van der Waals surface area contributed by atoms with Gasteiger partial charge in [-0.2, -0.15) is 0 Å². The molecule has 1 rings (SSSR count). The van der Waals surface area contributed by atoms with Gasteiger partial charge in [0, 0.05) is 6.54 Å². The van der Waals surface area contributed by atoms with Crippen LogP contribution in [0.5, 0.6) is 0 Å². The third kappa shape index (κ3) is 4.28. The van der Waals surface area contributed by atoms with E-state index < -0.39 is 0 Å². The van der Waals surface area contributed by atoms with Crippen LogP contribution in [0.2, 0.25) is 0 Å². The van der Waals surface area contributed by atoms with E-state index in [1.165, 1.54) is 0 Å². The van der Waals surface area contributed by atoms with E-state index in [9.17, 15) is 4.79 Å². The largest absolute Gasteiger partial charge is 0.409 e. The van der Waals surface area contributed by atoms with Crippen molar-refractivity contribution < 1.29 is 10.0 Å². The number of carbonyl (C=O) groups is 1. The summed E-state index contributed by atoms with van der Waals surface area (Å²) in [5.41, 5.74) is 8.69. The molecule has 0 bridgehead atoms. The first kappa shape index (κ1) is 15.0. The van der Waals surface area contributed by atoms with Crippen LogP contribution in [0.4, 0.5) is 0 Å². The molecule has 1 amide bonds. The number of benzene rings is 1. The van der Waals surface area contributed by atoms with Crippen LogP contribution in [0.1, 0.15) is 23.6 Å². The molecule has 0 heterocycles. The van der Waals surface area contributed by atoms with Crippen LogP contribution in [0.25, 0.3) is 0 Å². The fraction of sp³-hybridized carbons (Fsp3) is 0.429. The number of amides is 1. The van der Waals surface area contributed by atoms with Crippen molar-refractivity contribution >= 4 is 11.7 Å². The highest BCUT2D eigenvalue weighted by Crippen LogP contribution is 2.12. The van der Waals surface area contributed by atoms with Crippen molar-refractivity contribution in [1.82, 2.24) is 4.90 Å². The lowest BCUT2D eigenvalue weighted by atomic mass is 10.0. The lowest BCUT2D eigenvalue weighted by Crippen LogP contribution is -2.39. The van der Waals surface area contributed by atoms with Crippen molar-refractivity contribution in [3.63, 3.8) is 0 Å². The van der Waals surface area contributed by atoms with Crippen molar-refractivity contribution in [2.45, 2.75) is 27.2 Å². The molecule has 0 saturated carbocycles. The molecular formula is C14H21N3O2. The average molecular weight is 263 g/mol. The van der Waals surface area contributed by atoms with Crippen LogP contribution < -0.4 is 5.73 Å². The number of nitrogens with two attached hydrogens (primary N) is 1. The van der Waals surface area contributed by atoms with Gasteiger partial charge in [-0.25, -0.2) is 0 Å². The molecule has 0 aliphatic rings. The van der Waals surface area contributed by atoms with Gasteiger partial charge in [-0.3, -0.25) is 4.79 Å². The Balaban J connectivity index is 2.79. The van der Waals surface area contributed by atoms with Gasteiger partial charge >= 0.3 is 0 Å². The summed E-state index contributed by atoms with van der Waals surface area (Å²) in [6, 6.07) is 6.06. The van der Waals surface area contributed by atoms with E-state index in [2.05, 4.69) is 5.16 Å². The average Bonchev–Trinajstić information content (AvgIpc) is 2.39. The standard InChI is InChI=1S/C14H21N3O2/c1-4-17(9-13(15)16-19)14(18)8-12-7-10(2)5-6-11(12)3/h5-7,19H,4,8-9H2,1-3H3,(H2,15,16). The molecule has 0 spiro atoms. The summed E-state index contributed by atoms with van der Waals surface area (Å²) in [5.74, 6) is 0.0129. The van der Waals surface area contributed by atoms with Gasteiger partial charge in [0.1, 0.15) is 0 Å². The zero-order chi connectivity index (χ0) is 14.4. The quantitative estimate of drug-likeness (QED) is 0.365. The number of aryl methyl sites for hydroxylation is 2. The number of rotatable bonds is 5. The third-order valence-electron chi connectivity index (χ3n) is 3.06. The maximum absolute atomic E-state index is 12.2. The third-order valence-corrected chi connectivity index (χ3v) is 3.06. The summed E-state index contributed by atoms with van der Waals surface area (Å²) in [6.07, 6.45) is 0.333. The van der Waals surface area contributed by atoms with Crippen LogP contribution in [-0.2, 0) is 11.2 Å². The SMILES string of the molecule is CCN(CC(N)=NO)C(=O)Cc1cc(C)ccc1C. The fourth-order valence-electron chi connectivity index (χ4n) is 1.87. The number of oxime groups is 1. The van der Waals surface area contributed by atoms with Gasteiger partial charge in [0.25, 0.3) is 0 Å². The van der Waals surface area contributed by atoms with Crippen molar-refractivity contribution in [3.05, 3.63) is 34.9 Å². The number of amidine groups is 1. The van der Waals surface area contributed by atoms with E-state index in [4.69, 9.17) is 10.9 Å². The predicted molar refractivity (Wildman–Crippen MR) is 75.3 cm³/mol. The molecule has 5 nitrogen and oxygen atoms in total. The Morgan fingerprint density at radius 1 is 1.42 bits per heavy atom. The molecule has 3 N–H and O–H groups in total. The lowest BCUT2D eigenvalue weighted by molar-refractivity contribution is -0.129. The Morgan fingerprint density at radius 2 is 2.11 bits per heavy atom. The van der Waals surface area contributed by atoms with Gasteiger partial charge < -0.3 is 15.8 Å². The van der Waals surface area contributed by atoms with E-state index in [0.717, 1.165) is 16.7 Å². The van der Waals surface area contributed by atoms with Crippen molar-refractivity contribution in [3.8, 4) is 0 Å². The number of nitrogens with zero attached hydrogens (tertiary/aromatic N) is 2. The molecular weight excluding hydrogens is 242 g/mol. The number of carbonyl (C=O) groups excluding carboxylic acids is 1. The number of likely N-dealkylation sites (N-methyl/N-ethyl adjacent to an activating group) is 1. The Kier molecular flexibility index (Phi) is 5.36. The topological polar surface area (TPSA) is 78.9 Å². The van der Waals surface area contributed by atoms with Gasteiger partial charge in [-0.1, -0.05) is 28.9 Å². The smallest absolute Gasteiger partial charge is 0.227 e. The van der Waals surface area contributed by atoms with E-state index >= 15 is 0 Å². The molecule has 0 unspecified atom stereocenters. The summed E-state index contributed by atoms with van der Waals surface area (Å²) in [6.45, 7) is 6.53. The highest BCUT2D eigenvalue weighted by atomic mass is 16.4. The molecule has 0 atom stereocenters. The highest BCUT2D eigenvalue weighted by molar-refractivity contribution is 5.87. The van der Waals surface area contributed by atoms with Crippen LogP contribution in [0, 0.1) is 13.8 Å². The maximum Gasteiger partial charge on any atom is 0.227 e. The minimum absolute atomic E-state index is 0.0252. The molecule has 1 aromatic rings. The van der Waals surface area contributed by atoms with Crippen LogP contribution in [-0.4, -0.2) is 34.9 Å². The fourth-order valence-corrected chi connectivity index (χ4v) is 1.87. The van der Waals surface area contributed by atoms with E-state index in [1.54, 1.807) is 4.90 Å². The van der Waals surface area contributed by atoms with Gasteiger partial charge in [-0.05, 0) is 31.9 Å². The second kappa shape index (κ2) is 6.78. The number of hydrogen-bond acceptors (Lipinski definition) is 3. The second-order valence-electron chi connectivity index (χ2n) is 4.61. The first-order chi connectivity index (χ1) is 8.97. The Labute approximate surface area is 113 Å². The second-order valence-corrected chi connectivity index (χ2v) is 4.61. The zero-order valence-electron chi connectivity index (χ0n) is 11.7. The number of hydrogen-bond donors (Lipinski definition) is 2. The minimum Gasteiger partial charge on any atom is -0.409 e. The van der Waals surface area contributed by atoms with E-state index in [-0.39, 0.29) is 18.3 Å². The molecule has 1 aromatic carbocycles. The Bertz CT molecular complexity index is 484. The van der Waals surface area contributed by atoms with Crippen molar-refractivity contribution in [1.29, 1.82) is 0 Å². The van der Waals surface area contributed by atoms with Gasteiger partial charge in [0.15, 0.2) is 5.84 Å². The molecule has 0 radical (unpaired) electrons. The summed E-state index contributed by atoms with van der Waals surface area (Å²) < 4.78 is 0. The molecule has 19 heavy (non-hydrogen) atoms. The molecule has 104 valence electrons. The predicted octanol–water partition coefficient (Wildman–Crippen LogP) is 1.44. The van der Waals surface area contributed by atoms with E-state index in [0.29, 0.717) is 13.0 Å². The lowest BCUT2D eigenvalue weighted by Gasteiger charge is -2.20. The Morgan fingerprint density at radius 3 is 2.68 bits per heavy atom. The van der Waals surface area contributed by atoms with Gasteiger partial charge in [0.05, 0.1) is 13.0 Å². The molecule has 0 saturated heterocycles. The molecule has 0 aliphatic carbocycles. The van der Waals surface area contributed by atoms with E-state index in [1.807, 2.05) is 39.0 Å². The molecule has 0 aromatic heterocycles. The first-order valence-electron chi connectivity index (χ1n) is 6.28. The summed E-state index contributed by atoms with van der Waals surface area (Å²) in [5, 5.41) is 11.5. The highest BCUT2D eigenvalue weighted by Gasteiger charge is 2.14. The van der Waals surface area contributed by atoms with Gasteiger partial charge in [0.2, 0.25) is 5.91 Å². The summed E-state index contributed by atoms with van der Waals surface area (Å²) in [4.78, 5) is 13.8. The summed E-state index contributed by atoms with van der Waals surface area (Å²) >= 11 is 0. The van der Waals surface area contributed by atoms with Crippen molar-refractivity contribution in [2.24, 2.45) is 10.9 Å². The summed E-state index contributed by atoms with van der Waals surface area (Å²) in [7, 11) is 0. The van der Waals surface area contributed by atoms with Crippen molar-refractivity contribution in [2.75, 3.05) is 13.1 Å². The monoisotopic (exact) mass is 263 g/mol. The first-order valence-corrected chi connectivity index (χ1v) is 6.28. The molecule has 0 aliphatic heterocycles. The minimum atomic E-state index is -0.0252. The molecule has 0 fully saturated rings. The maximum atomic E-state index is 12.2.